The molecule has 7 nitrogen and oxygen atoms in total. The molecule has 0 unspecified atom stereocenters. The molecule has 2 saturated heterocycles. The Morgan fingerprint density at radius 2 is 1.86 bits per heavy atom. The number of likely N-dealkylation sites (tertiary alicyclic amines) is 1. The van der Waals surface area contributed by atoms with E-state index in [1.165, 1.54) is 19.3 Å². The lowest BCUT2D eigenvalue weighted by atomic mass is 9.86. The SMILES string of the molecule is O=C1[C@H]2Cc3c([nH]c4ccc(Cl)cc34)[C@@H](c3cccc(O)c3)N2C(=O)CN1CCCN1CCCCC1. The van der Waals surface area contributed by atoms with Crippen molar-refractivity contribution in [2.24, 2.45) is 0 Å². The number of piperazine rings is 1. The molecule has 3 aliphatic heterocycles. The smallest absolute Gasteiger partial charge is 0.246 e. The van der Waals surface area contributed by atoms with Gasteiger partial charge in [0.1, 0.15) is 11.8 Å². The van der Waals surface area contributed by atoms with Crippen LogP contribution >= 0.6 is 11.6 Å². The molecular weight excluding hydrogens is 476 g/mol. The number of hydrogen-bond acceptors (Lipinski definition) is 4. The molecule has 2 N–H and O–H groups in total. The number of benzene rings is 2. The summed E-state index contributed by atoms with van der Waals surface area (Å²) < 4.78 is 0. The number of hydrogen-bond donors (Lipinski definition) is 2. The number of aromatic amines is 1. The van der Waals surface area contributed by atoms with Crippen LogP contribution in [0.2, 0.25) is 5.02 Å². The minimum absolute atomic E-state index is 0.000394. The molecule has 2 aromatic carbocycles. The molecule has 0 radical (unpaired) electrons. The Labute approximate surface area is 215 Å². The van der Waals surface area contributed by atoms with Gasteiger partial charge in [-0.2, -0.15) is 0 Å². The average molecular weight is 507 g/mol. The van der Waals surface area contributed by atoms with Crippen LogP contribution in [-0.2, 0) is 16.0 Å². The molecule has 2 amide bonds. The maximum atomic E-state index is 13.8. The molecule has 188 valence electrons. The van der Waals surface area contributed by atoms with Crippen LogP contribution in [-0.4, -0.2) is 75.4 Å². The zero-order valence-corrected chi connectivity index (χ0v) is 21.0. The van der Waals surface area contributed by atoms with Gasteiger partial charge in [0, 0.05) is 34.6 Å². The average Bonchev–Trinajstić information content (AvgIpc) is 3.24. The lowest BCUT2D eigenvalue weighted by molar-refractivity contribution is -0.158. The fourth-order valence-electron chi connectivity index (χ4n) is 6.24. The third kappa shape index (κ3) is 4.14. The number of aromatic hydroxyl groups is 1. The zero-order chi connectivity index (χ0) is 24.8. The van der Waals surface area contributed by atoms with Crippen molar-refractivity contribution in [3.8, 4) is 5.75 Å². The van der Waals surface area contributed by atoms with Gasteiger partial charge in [-0.05, 0) is 80.4 Å². The van der Waals surface area contributed by atoms with E-state index in [0.717, 1.165) is 53.8 Å². The van der Waals surface area contributed by atoms with E-state index in [2.05, 4.69) is 9.88 Å². The van der Waals surface area contributed by atoms with Gasteiger partial charge in [0.05, 0.1) is 12.6 Å². The Kier molecular flexibility index (Phi) is 6.13. The first-order valence-electron chi connectivity index (χ1n) is 12.9. The van der Waals surface area contributed by atoms with Crippen molar-refractivity contribution in [1.82, 2.24) is 19.7 Å². The van der Waals surface area contributed by atoms with Gasteiger partial charge >= 0.3 is 0 Å². The molecule has 0 bridgehead atoms. The van der Waals surface area contributed by atoms with Gasteiger partial charge in [0.2, 0.25) is 11.8 Å². The van der Waals surface area contributed by atoms with Crippen LogP contribution in [0.4, 0.5) is 0 Å². The first kappa shape index (κ1) is 23.4. The number of halogens is 1. The lowest BCUT2D eigenvalue weighted by Gasteiger charge is -2.47. The molecule has 1 aromatic heterocycles. The van der Waals surface area contributed by atoms with E-state index < -0.39 is 12.1 Å². The number of nitrogens with one attached hydrogen (secondary N) is 1. The Morgan fingerprint density at radius 3 is 2.67 bits per heavy atom. The van der Waals surface area contributed by atoms with Crippen LogP contribution in [0, 0.1) is 0 Å². The number of fused-ring (bicyclic) bond motifs is 4. The minimum Gasteiger partial charge on any atom is -0.508 e. The highest BCUT2D eigenvalue weighted by molar-refractivity contribution is 6.31. The van der Waals surface area contributed by atoms with Crippen molar-refractivity contribution in [2.75, 3.05) is 32.7 Å². The molecule has 0 spiro atoms. The summed E-state index contributed by atoms with van der Waals surface area (Å²) in [4.78, 5) is 36.9. The van der Waals surface area contributed by atoms with Crippen molar-refractivity contribution < 1.29 is 14.7 Å². The largest absolute Gasteiger partial charge is 0.508 e. The van der Waals surface area contributed by atoms with Crippen LogP contribution in [0.1, 0.15) is 48.5 Å². The van der Waals surface area contributed by atoms with E-state index in [9.17, 15) is 14.7 Å². The van der Waals surface area contributed by atoms with E-state index in [1.807, 2.05) is 24.3 Å². The second-order valence-corrected chi connectivity index (χ2v) is 10.7. The molecule has 3 aliphatic rings. The van der Waals surface area contributed by atoms with Crippen LogP contribution in [0.3, 0.4) is 0 Å². The van der Waals surface area contributed by atoms with E-state index in [-0.39, 0.29) is 24.1 Å². The van der Waals surface area contributed by atoms with E-state index in [4.69, 9.17) is 11.6 Å². The van der Waals surface area contributed by atoms with Gasteiger partial charge in [0.15, 0.2) is 0 Å². The number of carbonyl (C=O) groups is 2. The summed E-state index contributed by atoms with van der Waals surface area (Å²) >= 11 is 6.34. The molecule has 6 rings (SSSR count). The molecule has 36 heavy (non-hydrogen) atoms. The Balaban J connectivity index is 1.34. The van der Waals surface area contributed by atoms with E-state index in [1.54, 1.807) is 28.0 Å². The standard InChI is InChI=1S/C28H31ClN4O3/c29-19-8-9-23-21(15-19)22-16-24-28(36)32(13-5-12-31-10-2-1-3-11-31)17-25(35)33(24)27(26(22)30-23)18-6-4-7-20(34)14-18/h4,6-9,14-15,24,27,30,34H,1-3,5,10-13,16-17H2/t24-,27-/m1/s1. The van der Waals surface area contributed by atoms with Crippen LogP contribution in [0.5, 0.6) is 5.75 Å². The second-order valence-electron chi connectivity index (χ2n) is 10.2. The quantitative estimate of drug-likeness (QED) is 0.546. The topological polar surface area (TPSA) is 79.9 Å². The molecule has 3 aromatic rings. The van der Waals surface area contributed by atoms with Crippen molar-refractivity contribution in [1.29, 1.82) is 0 Å². The van der Waals surface area contributed by atoms with Crippen LogP contribution < -0.4 is 0 Å². The summed E-state index contributed by atoms with van der Waals surface area (Å²) in [6, 6.07) is 11.6. The monoisotopic (exact) mass is 506 g/mol. The number of amides is 2. The first-order valence-corrected chi connectivity index (χ1v) is 13.3. The molecule has 4 heterocycles. The number of piperidine rings is 1. The maximum absolute atomic E-state index is 13.8. The van der Waals surface area contributed by atoms with Gasteiger partial charge in [-0.1, -0.05) is 30.2 Å². The van der Waals surface area contributed by atoms with Gasteiger partial charge in [0.25, 0.3) is 0 Å². The second kappa shape index (κ2) is 9.45. The predicted octanol–water partition coefficient (Wildman–Crippen LogP) is 4.09. The summed E-state index contributed by atoms with van der Waals surface area (Å²) in [5.74, 6) is 0.0686. The molecule has 0 saturated carbocycles. The minimum atomic E-state index is -0.584. The fraction of sp³-hybridized carbons (Fsp3) is 0.429. The van der Waals surface area contributed by atoms with Crippen LogP contribution in [0.25, 0.3) is 10.9 Å². The lowest BCUT2D eigenvalue weighted by Crippen LogP contribution is -2.63. The van der Waals surface area contributed by atoms with Gasteiger partial charge < -0.3 is 24.8 Å². The predicted molar refractivity (Wildman–Crippen MR) is 139 cm³/mol. The number of H-pyrrole nitrogens is 1. The molecule has 0 aliphatic carbocycles. The molecule has 8 heteroatoms. The third-order valence-corrected chi connectivity index (χ3v) is 8.17. The van der Waals surface area contributed by atoms with Crippen LogP contribution in [0.15, 0.2) is 42.5 Å². The summed E-state index contributed by atoms with van der Waals surface area (Å²) in [7, 11) is 0. The highest BCUT2D eigenvalue weighted by atomic mass is 35.5. The Bertz CT molecular complexity index is 1320. The van der Waals surface area contributed by atoms with Crippen molar-refractivity contribution in [2.45, 2.75) is 44.2 Å². The number of aromatic nitrogens is 1. The third-order valence-electron chi connectivity index (χ3n) is 7.93. The normalized spacial score (nSPS) is 22.7. The van der Waals surface area contributed by atoms with Crippen molar-refractivity contribution in [3.05, 3.63) is 64.3 Å². The zero-order valence-electron chi connectivity index (χ0n) is 20.3. The fourth-order valence-corrected chi connectivity index (χ4v) is 6.41. The number of nitrogens with zero attached hydrogens (tertiary/aromatic N) is 3. The summed E-state index contributed by atoms with van der Waals surface area (Å²) in [5.41, 5.74) is 3.60. The summed E-state index contributed by atoms with van der Waals surface area (Å²) in [5, 5.41) is 11.8. The highest BCUT2D eigenvalue weighted by Gasteiger charge is 2.48. The number of rotatable bonds is 5. The molecule has 2 fully saturated rings. The first-order chi connectivity index (χ1) is 17.5. The molecule has 2 atom stereocenters. The number of phenolic OH excluding ortho intramolecular Hbond substituents is 1. The number of carbonyl (C=O) groups excluding carboxylic acids is 2. The van der Waals surface area contributed by atoms with Gasteiger partial charge in [-0.25, -0.2) is 0 Å². The Morgan fingerprint density at radius 1 is 1.03 bits per heavy atom. The van der Waals surface area contributed by atoms with Crippen molar-refractivity contribution in [3.63, 3.8) is 0 Å². The maximum Gasteiger partial charge on any atom is 0.246 e. The number of phenols is 1. The molecular formula is C28H31ClN4O3. The van der Waals surface area contributed by atoms with Gasteiger partial charge in [-0.15, -0.1) is 0 Å². The highest BCUT2D eigenvalue weighted by Crippen LogP contribution is 2.43. The van der Waals surface area contributed by atoms with Crippen molar-refractivity contribution >= 4 is 34.3 Å². The Hall–Kier alpha value is -3.03. The van der Waals surface area contributed by atoms with E-state index >= 15 is 0 Å². The van der Waals surface area contributed by atoms with Gasteiger partial charge in [-0.3, -0.25) is 9.59 Å². The van der Waals surface area contributed by atoms with E-state index in [0.29, 0.717) is 18.0 Å². The summed E-state index contributed by atoms with van der Waals surface area (Å²) in [6.45, 7) is 3.89. The summed E-state index contributed by atoms with van der Waals surface area (Å²) in [6.07, 6.45) is 5.10.